The predicted molar refractivity (Wildman–Crippen MR) is 63.3 cm³/mol. The van der Waals surface area contributed by atoms with Gasteiger partial charge in [0.2, 0.25) is 0 Å². The molecule has 2 N–H and O–H groups in total. The molecule has 0 aliphatic heterocycles. The van der Waals surface area contributed by atoms with Crippen LogP contribution in [0.3, 0.4) is 0 Å². The van der Waals surface area contributed by atoms with Crippen LogP contribution in [0, 0.1) is 0 Å². The van der Waals surface area contributed by atoms with E-state index < -0.39 is 11.1 Å². The second-order valence-corrected chi connectivity index (χ2v) is 3.84. The predicted octanol–water partition coefficient (Wildman–Crippen LogP) is 0.813. The maximum absolute atomic E-state index is 11.3. The highest BCUT2D eigenvalue weighted by Gasteiger charge is 2.06. The summed E-state index contributed by atoms with van der Waals surface area (Å²) in [6, 6.07) is 3.34. The zero-order chi connectivity index (χ0) is 12.0. The molecule has 3 rings (SSSR count). The Balaban J connectivity index is 2.63. The molecular formula is C10H5ClN4O2. The molecule has 1 aromatic carbocycles. The van der Waals surface area contributed by atoms with Crippen molar-refractivity contribution in [3.05, 3.63) is 44.2 Å². The van der Waals surface area contributed by atoms with Crippen LogP contribution in [0.25, 0.3) is 22.1 Å². The molecule has 7 heteroatoms. The molecule has 0 radical (unpaired) electrons. The first-order chi connectivity index (χ1) is 8.15. The summed E-state index contributed by atoms with van der Waals surface area (Å²) in [6.45, 7) is 0. The van der Waals surface area contributed by atoms with E-state index in [0.29, 0.717) is 22.1 Å². The molecule has 0 spiro atoms. The largest absolute Gasteiger partial charge is 0.316 e. The number of nitrogens with one attached hydrogen (secondary N) is 2. The molecule has 17 heavy (non-hydrogen) atoms. The van der Waals surface area contributed by atoms with Gasteiger partial charge >= 0.3 is 11.1 Å². The van der Waals surface area contributed by atoms with Gasteiger partial charge in [0.15, 0.2) is 0 Å². The Kier molecular flexibility index (Phi) is 1.99. The van der Waals surface area contributed by atoms with Gasteiger partial charge in [0.05, 0.1) is 22.7 Å². The van der Waals surface area contributed by atoms with Crippen molar-refractivity contribution < 1.29 is 0 Å². The topological polar surface area (TPSA) is 91.5 Å². The Morgan fingerprint density at radius 1 is 1.12 bits per heavy atom. The van der Waals surface area contributed by atoms with Gasteiger partial charge in [-0.25, -0.2) is 4.98 Å². The van der Waals surface area contributed by atoms with Crippen molar-refractivity contribution in [2.45, 2.75) is 0 Å². The summed E-state index contributed by atoms with van der Waals surface area (Å²) >= 11 is 5.75. The Morgan fingerprint density at radius 3 is 2.71 bits per heavy atom. The number of aromatic nitrogens is 4. The summed E-state index contributed by atoms with van der Waals surface area (Å²) in [5, 5.41) is 0.219. The lowest BCUT2D eigenvalue weighted by Crippen LogP contribution is -2.29. The third-order valence-corrected chi connectivity index (χ3v) is 2.56. The van der Waals surface area contributed by atoms with E-state index in [1.54, 1.807) is 12.1 Å². The number of rotatable bonds is 0. The molecule has 84 valence electrons. The molecule has 0 aliphatic rings. The van der Waals surface area contributed by atoms with E-state index in [9.17, 15) is 9.59 Å². The van der Waals surface area contributed by atoms with Gasteiger partial charge in [0, 0.05) is 0 Å². The standard InChI is InChI=1S/C10H5ClN4O2/c11-6-3-12-4-1-2-5-8(7(4)14-6)15-10(17)9(16)13-5/h1-3H,(H,13,16)(H,15,17). The Morgan fingerprint density at radius 2 is 1.88 bits per heavy atom. The van der Waals surface area contributed by atoms with Crippen molar-refractivity contribution in [1.29, 1.82) is 0 Å². The molecule has 0 aliphatic carbocycles. The van der Waals surface area contributed by atoms with Gasteiger partial charge in [-0.3, -0.25) is 14.6 Å². The summed E-state index contributed by atoms with van der Waals surface area (Å²) in [7, 11) is 0. The van der Waals surface area contributed by atoms with Crippen LogP contribution in [0.5, 0.6) is 0 Å². The Bertz CT molecular complexity index is 852. The first-order valence-corrected chi connectivity index (χ1v) is 5.10. The third kappa shape index (κ3) is 1.50. The summed E-state index contributed by atoms with van der Waals surface area (Å²) in [6.07, 6.45) is 1.42. The zero-order valence-electron chi connectivity index (χ0n) is 8.32. The highest BCUT2D eigenvalue weighted by molar-refractivity contribution is 6.29. The lowest BCUT2D eigenvalue weighted by Gasteiger charge is -2.01. The number of nitrogens with zero attached hydrogens (tertiary/aromatic N) is 2. The smallest absolute Gasteiger partial charge is 0.314 e. The third-order valence-electron chi connectivity index (χ3n) is 2.38. The molecule has 2 aromatic heterocycles. The van der Waals surface area contributed by atoms with Gasteiger partial charge < -0.3 is 9.97 Å². The fraction of sp³-hybridized carbons (Fsp3) is 0. The molecule has 3 aromatic rings. The van der Waals surface area contributed by atoms with Crippen LogP contribution < -0.4 is 11.1 Å². The SMILES string of the molecule is O=c1[nH]c2ccc3ncc(Cl)nc3c2[nH]c1=O. The average Bonchev–Trinajstić information content (AvgIpc) is 2.31. The molecule has 0 bridgehead atoms. The lowest BCUT2D eigenvalue weighted by atomic mass is 10.2. The minimum absolute atomic E-state index is 0.219. The molecule has 0 unspecified atom stereocenters. The highest BCUT2D eigenvalue weighted by atomic mass is 35.5. The summed E-state index contributed by atoms with van der Waals surface area (Å²) < 4.78 is 0. The van der Waals surface area contributed by atoms with Crippen LogP contribution >= 0.6 is 11.6 Å². The van der Waals surface area contributed by atoms with E-state index in [0.717, 1.165) is 0 Å². The van der Waals surface area contributed by atoms with E-state index in [1.807, 2.05) is 0 Å². The number of benzene rings is 1. The molecule has 0 amide bonds. The van der Waals surface area contributed by atoms with Crippen molar-refractivity contribution in [3.63, 3.8) is 0 Å². The Labute approximate surface area is 98.3 Å². The number of halogens is 1. The van der Waals surface area contributed by atoms with Crippen LogP contribution in [-0.2, 0) is 0 Å². The van der Waals surface area contributed by atoms with Gasteiger partial charge in [0.25, 0.3) is 0 Å². The van der Waals surface area contributed by atoms with Crippen molar-refractivity contribution in [1.82, 2.24) is 19.9 Å². The fourth-order valence-electron chi connectivity index (χ4n) is 1.64. The lowest BCUT2D eigenvalue weighted by molar-refractivity contribution is 1.14. The van der Waals surface area contributed by atoms with Gasteiger partial charge in [-0.05, 0) is 12.1 Å². The van der Waals surface area contributed by atoms with Gasteiger partial charge in [0.1, 0.15) is 10.7 Å². The van der Waals surface area contributed by atoms with E-state index >= 15 is 0 Å². The Hall–Kier alpha value is -2.21. The van der Waals surface area contributed by atoms with Crippen LogP contribution in [0.4, 0.5) is 0 Å². The van der Waals surface area contributed by atoms with Gasteiger partial charge in [-0.1, -0.05) is 11.6 Å². The minimum atomic E-state index is -0.730. The monoisotopic (exact) mass is 248 g/mol. The first-order valence-electron chi connectivity index (χ1n) is 4.73. The summed E-state index contributed by atoms with van der Waals surface area (Å²) in [5.41, 5.74) is 0.507. The van der Waals surface area contributed by atoms with Crippen molar-refractivity contribution in [3.8, 4) is 0 Å². The van der Waals surface area contributed by atoms with Crippen LogP contribution in [-0.4, -0.2) is 19.9 Å². The molecule has 2 heterocycles. The highest BCUT2D eigenvalue weighted by Crippen LogP contribution is 2.18. The number of hydrogen-bond acceptors (Lipinski definition) is 4. The summed E-state index contributed by atoms with van der Waals surface area (Å²) in [5.74, 6) is 0. The number of H-pyrrole nitrogens is 2. The number of hydrogen-bond donors (Lipinski definition) is 2. The van der Waals surface area contributed by atoms with Crippen molar-refractivity contribution in [2.24, 2.45) is 0 Å². The van der Waals surface area contributed by atoms with Gasteiger partial charge in [-0.15, -0.1) is 0 Å². The van der Waals surface area contributed by atoms with Crippen LogP contribution in [0.1, 0.15) is 0 Å². The second kappa shape index (κ2) is 3.39. The van der Waals surface area contributed by atoms with Crippen molar-refractivity contribution in [2.75, 3.05) is 0 Å². The van der Waals surface area contributed by atoms with Gasteiger partial charge in [-0.2, -0.15) is 0 Å². The van der Waals surface area contributed by atoms with E-state index in [1.165, 1.54) is 6.20 Å². The normalized spacial score (nSPS) is 11.1. The minimum Gasteiger partial charge on any atom is -0.316 e. The first kappa shape index (κ1) is 9.98. The average molecular weight is 249 g/mol. The molecule has 6 nitrogen and oxygen atoms in total. The van der Waals surface area contributed by atoms with Crippen LogP contribution in [0.2, 0.25) is 5.15 Å². The molecular weight excluding hydrogens is 244 g/mol. The molecule has 0 fully saturated rings. The maximum atomic E-state index is 11.3. The van der Waals surface area contributed by atoms with Crippen LogP contribution in [0.15, 0.2) is 27.9 Å². The van der Waals surface area contributed by atoms with E-state index in [2.05, 4.69) is 19.9 Å². The van der Waals surface area contributed by atoms with E-state index in [-0.39, 0.29) is 5.15 Å². The van der Waals surface area contributed by atoms with E-state index in [4.69, 9.17) is 11.6 Å². The summed E-state index contributed by atoms with van der Waals surface area (Å²) in [4.78, 5) is 35.5. The fourth-order valence-corrected chi connectivity index (χ4v) is 1.77. The number of aromatic amines is 2. The number of fused-ring (bicyclic) bond motifs is 3. The zero-order valence-corrected chi connectivity index (χ0v) is 9.08. The molecule has 0 saturated heterocycles. The molecule has 0 saturated carbocycles. The quantitative estimate of drug-likeness (QED) is 0.455. The maximum Gasteiger partial charge on any atom is 0.314 e. The molecule has 0 atom stereocenters. The second-order valence-electron chi connectivity index (χ2n) is 3.46. The van der Waals surface area contributed by atoms with Crippen molar-refractivity contribution >= 4 is 33.7 Å².